The number of allylic oxidation sites excluding steroid dienone is 19. The van der Waals surface area contributed by atoms with Crippen LogP contribution in [0.25, 0.3) is 0 Å². The van der Waals surface area contributed by atoms with Gasteiger partial charge in [0, 0.05) is 6.42 Å². The van der Waals surface area contributed by atoms with E-state index in [1.807, 2.05) is 6.08 Å². The molecule has 1 unspecified atom stereocenters. The quantitative estimate of drug-likeness (QED) is 0.0377. The van der Waals surface area contributed by atoms with Gasteiger partial charge in [-0.15, -0.1) is 0 Å². The predicted molar refractivity (Wildman–Crippen MR) is 335 cm³/mol. The van der Waals surface area contributed by atoms with Gasteiger partial charge < -0.3 is 9.84 Å². The molecule has 0 aliphatic heterocycles. The molecule has 0 bridgehead atoms. The van der Waals surface area contributed by atoms with Gasteiger partial charge in [-0.3, -0.25) is 9.59 Å². The minimum Gasteiger partial charge on any atom is -0.481 e. The van der Waals surface area contributed by atoms with Crippen LogP contribution in [0.15, 0.2) is 117 Å². The molecule has 0 saturated carbocycles. The highest BCUT2D eigenvalue weighted by molar-refractivity contribution is 5.72. The number of rotatable bonds is 40. The second-order valence-corrected chi connectivity index (χ2v) is 24.6. The highest BCUT2D eigenvalue weighted by Crippen LogP contribution is 2.42. The van der Waals surface area contributed by atoms with Crippen LogP contribution in [0.3, 0.4) is 0 Å². The maximum absolute atomic E-state index is 13.5. The van der Waals surface area contributed by atoms with E-state index in [1.165, 1.54) is 219 Å². The van der Waals surface area contributed by atoms with Gasteiger partial charge in [-0.1, -0.05) is 296 Å². The van der Waals surface area contributed by atoms with Crippen molar-refractivity contribution in [2.75, 3.05) is 6.61 Å². The average molecular weight is 1050 g/mol. The molecule has 76 heavy (non-hydrogen) atoms. The van der Waals surface area contributed by atoms with Crippen LogP contribution < -0.4 is 0 Å². The van der Waals surface area contributed by atoms with Crippen molar-refractivity contribution in [2.24, 2.45) is 16.7 Å². The Hall–Kier alpha value is -3.66. The van der Waals surface area contributed by atoms with Gasteiger partial charge in [-0.2, -0.15) is 0 Å². The maximum atomic E-state index is 13.5. The lowest BCUT2D eigenvalue weighted by Gasteiger charge is -2.33. The maximum Gasteiger partial charge on any atom is 0.309 e. The molecule has 0 radical (unpaired) electrons. The number of hydrogen-bond donors (Lipinski definition) is 1. The van der Waals surface area contributed by atoms with E-state index in [0.717, 1.165) is 31.3 Å². The van der Waals surface area contributed by atoms with E-state index in [-0.39, 0.29) is 22.7 Å². The molecule has 2 rings (SSSR count). The molecule has 0 aromatic carbocycles. The van der Waals surface area contributed by atoms with Crippen LogP contribution in [0.1, 0.15) is 301 Å². The molecule has 432 valence electrons. The third-order valence-electron chi connectivity index (χ3n) is 16.1. The summed E-state index contributed by atoms with van der Waals surface area (Å²) in [7, 11) is 0. The van der Waals surface area contributed by atoms with Crippen LogP contribution in [0.4, 0.5) is 0 Å². The highest BCUT2D eigenvalue weighted by Gasteiger charge is 2.27. The molecule has 4 nitrogen and oxygen atoms in total. The summed E-state index contributed by atoms with van der Waals surface area (Å²) < 4.78 is 5.89. The molecule has 0 heterocycles. The first kappa shape index (κ1) is 70.4. The van der Waals surface area contributed by atoms with E-state index in [1.54, 1.807) is 0 Å². The SMILES string of the molecule is CCCCCCCCCCCCCCC(CC=C(C)C=CC=C(C)C=CC1=C(C)CCCC1(C)C)C(=O)OCC=C(C)C=CC=C(C)C=CC1=C(C)CCCC1(C)C.CCCCCCCCCCCCCCCC(=O)O. The van der Waals surface area contributed by atoms with E-state index in [9.17, 15) is 9.59 Å². The van der Waals surface area contributed by atoms with Crippen molar-refractivity contribution in [1.82, 2.24) is 0 Å². The Morgan fingerprint density at radius 2 is 0.882 bits per heavy atom. The summed E-state index contributed by atoms with van der Waals surface area (Å²) in [6.07, 6.45) is 68.5. The number of aliphatic carboxylic acids is 1. The van der Waals surface area contributed by atoms with Gasteiger partial charge in [0.1, 0.15) is 6.61 Å². The van der Waals surface area contributed by atoms with Gasteiger partial charge in [0.25, 0.3) is 0 Å². The molecule has 0 fully saturated rings. The summed E-state index contributed by atoms with van der Waals surface area (Å²) >= 11 is 0. The van der Waals surface area contributed by atoms with Crippen LogP contribution in [0.5, 0.6) is 0 Å². The molecule has 0 spiro atoms. The van der Waals surface area contributed by atoms with E-state index >= 15 is 0 Å². The van der Waals surface area contributed by atoms with E-state index < -0.39 is 5.97 Å². The fraction of sp³-hybridized carbons (Fsp3) is 0.694. The normalized spacial score (nSPS) is 17.2. The van der Waals surface area contributed by atoms with E-state index in [2.05, 4.69) is 150 Å². The van der Waals surface area contributed by atoms with Gasteiger partial charge in [-0.25, -0.2) is 0 Å². The highest BCUT2D eigenvalue weighted by atomic mass is 16.5. The number of unbranched alkanes of at least 4 members (excludes halogenated alkanes) is 23. The molecule has 2 aliphatic rings. The number of carboxylic acid groups (broad SMARTS) is 1. The zero-order valence-electron chi connectivity index (χ0n) is 51.9. The summed E-state index contributed by atoms with van der Waals surface area (Å²) in [5.74, 6) is -0.842. The van der Waals surface area contributed by atoms with Crippen LogP contribution in [0.2, 0.25) is 0 Å². The summed E-state index contributed by atoms with van der Waals surface area (Å²) in [6.45, 7) is 27.4. The Bertz CT molecular complexity index is 1900. The molecular weight excluding hydrogens is 929 g/mol. The molecule has 0 saturated heterocycles. The number of hydrogen-bond acceptors (Lipinski definition) is 3. The molecule has 1 N–H and O–H groups in total. The van der Waals surface area contributed by atoms with Gasteiger partial charge in [0.15, 0.2) is 0 Å². The second-order valence-electron chi connectivity index (χ2n) is 24.6. The Kier molecular flexibility index (Phi) is 40.9. The first-order chi connectivity index (χ1) is 36.4. The molecule has 1 atom stereocenters. The molecule has 2 aliphatic carbocycles. The van der Waals surface area contributed by atoms with Crippen LogP contribution in [0, 0.1) is 16.7 Å². The van der Waals surface area contributed by atoms with Crippen molar-refractivity contribution in [3.05, 3.63) is 117 Å². The Morgan fingerprint density at radius 3 is 1.26 bits per heavy atom. The lowest BCUT2D eigenvalue weighted by Crippen LogP contribution is -2.19. The minimum atomic E-state index is -0.655. The fourth-order valence-electron chi connectivity index (χ4n) is 11.0. The van der Waals surface area contributed by atoms with Gasteiger partial charge in [-0.05, 0) is 127 Å². The van der Waals surface area contributed by atoms with Gasteiger partial charge in [0.05, 0.1) is 5.92 Å². The number of ether oxygens (including phenoxy) is 1. The van der Waals surface area contributed by atoms with Crippen molar-refractivity contribution in [3.8, 4) is 0 Å². The van der Waals surface area contributed by atoms with Crippen molar-refractivity contribution < 1.29 is 19.4 Å². The van der Waals surface area contributed by atoms with Crippen LogP contribution in [-0.4, -0.2) is 23.7 Å². The van der Waals surface area contributed by atoms with E-state index in [0.29, 0.717) is 19.4 Å². The van der Waals surface area contributed by atoms with Crippen molar-refractivity contribution >= 4 is 11.9 Å². The molecule has 4 heteroatoms. The number of esters is 1. The monoisotopic (exact) mass is 1050 g/mol. The van der Waals surface area contributed by atoms with Crippen molar-refractivity contribution in [2.45, 2.75) is 301 Å². The predicted octanol–water partition coefficient (Wildman–Crippen LogP) is 23.2. The third-order valence-corrected chi connectivity index (χ3v) is 16.1. The zero-order valence-corrected chi connectivity index (χ0v) is 51.9. The third kappa shape index (κ3) is 36.4. The lowest BCUT2D eigenvalue weighted by molar-refractivity contribution is -0.147. The lowest BCUT2D eigenvalue weighted by atomic mass is 9.72. The first-order valence-electron chi connectivity index (χ1n) is 31.6. The Labute approximate surface area is 471 Å². The molecule has 0 amide bonds. The fourth-order valence-corrected chi connectivity index (χ4v) is 11.0. The molecule has 0 aromatic heterocycles. The Balaban J connectivity index is 0.00000136. The van der Waals surface area contributed by atoms with Crippen molar-refractivity contribution in [3.63, 3.8) is 0 Å². The molecular formula is C72H120O4. The number of carbonyl (C=O) groups excluding carboxylic acids is 1. The van der Waals surface area contributed by atoms with Crippen LogP contribution >= 0.6 is 0 Å². The van der Waals surface area contributed by atoms with Gasteiger partial charge in [0.2, 0.25) is 0 Å². The van der Waals surface area contributed by atoms with Crippen molar-refractivity contribution in [1.29, 1.82) is 0 Å². The largest absolute Gasteiger partial charge is 0.481 e. The first-order valence-corrected chi connectivity index (χ1v) is 31.6. The summed E-state index contributed by atoms with van der Waals surface area (Å²) in [6, 6.07) is 0. The smallest absolute Gasteiger partial charge is 0.309 e. The summed E-state index contributed by atoms with van der Waals surface area (Å²) in [4.78, 5) is 23.8. The average Bonchev–Trinajstić information content (AvgIpc) is 3.36. The topological polar surface area (TPSA) is 63.6 Å². The zero-order chi connectivity index (χ0) is 56.3. The number of carboxylic acids is 1. The second kappa shape index (κ2) is 44.2. The number of carbonyl (C=O) groups is 2. The van der Waals surface area contributed by atoms with E-state index in [4.69, 9.17) is 9.84 Å². The Morgan fingerprint density at radius 1 is 0.513 bits per heavy atom. The van der Waals surface area contributed by atoms with Gasteiger partial charge >= 0.3 is 11.9 Å². The molecule has 0 aromatic rings. The summed E-state index contributed by atoms with van der Waals surface area (Å²) in [5, 5.41) is 8.49. The summed E-state index contributed by atoms with van der Waals surface area (Å²) in [5.41, 5.74) is 11.3. The standard InChI is InChI=1S/C56H88O2.C16H32O2/c1-12-13-14-15-16-17-18-19-20-21-22-23-34-51(38-35-45(2)28-24-29-46(3)36-39-52-49(6)32-26-42-55(52,8)9)54(57)58-44-41-48(5)31-25-30-47(4)37-40-53-50(7)33-27-43-56(53,10)11;1-2-3-4-5-6-7-8-9-10-11-12-13-14-15-16(17)18/h24-25,28-31,35-37,39-41,51H,12-23,26-27,32-34,38,42-44H2,1-11H3;2-15H2,1H3,(H,17,18). The minimum absolute atomic E-state index is 0.0728. The van der Waals surface area contributed by atoms with Crippen LogP contribution in [-0.2, 0) is 14.3 Å².